The zero-order valence-corrected chi connectivity index (χ0v) is 9.97. The highest BCUT2D eigenvalue weighted by Gasteiger charge is 2.33. The number of nitrogens with one attached hydrogen (secondary N) is 1. The predicted octanol–water partition coefficient (Wildman–Crippen LogP) is 3.34. The van der Waals surface area contributed by atoms with Crippen LogP contribution in [0.3, 0.4) is 0 Å². The fraction of sp³-hybridized carbons (Fsp3) is 1.00. The molecule has 2 saturated carbocycles. The number of rotatable bonds is 2. The van der Waals surface area contributed by atoms with Crippen LogP contribution in [-0.4, -0.2) is 12.1 Å². The van der Waals surface area contributed by atoms with Crippen LogP contribution in [0, 0.1) is 11.3 Å². The first-order valence-corrected chi connectivity index (χ1v) is 6.32. The van der Waals surface area contributed by atoms with Gasteiger partial charge in [-0.2, -0.15) is 0 Å². The number of hydrogen-bond acceptors (Lipinski definition) is 1. The second kappa shape index (κ2) is 3.84. The van der Waals surface area contributed by atoms with Gasteiger partial charge < -0.3 is 5.32 Å². The minimum atomic E-state index is 0.518. The average Bonchev–Trinajstić information content (AvgIpc) is 2.87. The van der Waals surface area contributed by atoms with Gasteiger partial charge in [-0.3, -0.25) is 0 Å². The average molecular weight is 195 g/mol. The molecule has 0 aromatic rings. The summed E-state index contributed by atoms with van der Waals surface area (Å²) in [5, 5.41) is 3.79. The van der Waals surface area contributed by atoms with Gasteiger partial charge in [0.2, 0.25) is 0 Å². The largest absolute Gasteiger partial charge is 0.311 e. The molecule has 1 nitrogen and oxygen atoms in total. The molecule has 0 spiro atoms. The standard InChI is InChI=1S/C13H25N/c1-13(2,3)10-5-4-6-12(9-10)14-11-7-8-11/h10-12,14H,4-9H2,1-3H3. The van der Waals surface area contributed by atoms with Crippen LogP contribution in [-0.2, 0) is 0 Å². The van der Waals surface area contributed by atoms with Crippen molar-refractivity contribution in [3.8, 4) is 0 Å². The minimum Gasteiger partial charge on any atom is -0.311 e. The van der Waals surface area contributed by atoms with Crippen LogP contribution in [0.15, 0.2) is 0 Å². The van der Waals surface area contributed by atoms with Gasteiger partial charge in [0, 0.05) is 12.1 Å². The van der Waals surface area contributed by atoms with E-state index in [0.717, 1.165) is 18.0 Å². The summed E-state index contributed by atoms with van der Waals surface area (Å²) in [6.45, 7) is 7.20. The van der Waals surface area contributed by atoms with Gasteiger partial charge in [0.25, 0.3) is 0 Å². The van der Waals surface area contributed by atoms with E-state index in [1.54, 1.807) is 0 Å². The zero-order chi connectivity index (χ0) is 10.2. The van der Waals surface area contributed by atoms with Crippen molar-refractivity contribution in [1.29, 1.82) is 0 Å². The third kappa shape index (κ3) is 2.73. The normalized spacial score (nSPS) is 34.5. The van der Waals surface area contributed by atoms with Crippen molar-refractivity contribution in [3.05, 3.63) is 0 Å². The Bertz CT molecular complexity index is 188. The summed E-state index contributed by atoms with van der Waals surface area (Å²) in [5.74, 6) is 0.937. The van der Waals surface area contributed by atoms with E-state index in [9.17, 15) is 0 Å². The molecule has 0 aromatic heterocycles. The molecule has 2 unspecified atom stereocenters. The van der Waals surface area contributed by atoms with E-state index in [0.29, 0.717) is 5.41 Å². The molecule has 2 atom stereocenters. The molecule has 14 heavy (non-hydrogen) atoms. The molecule has 82 valence electrons. The van der Waals surface area contributed by atoms with Gasteiger partial charge in [0.05, 0.1) is 0 Å². The molecule has 2 aliphatic carbocycles. The molecule has 1 heteroatoms. The Morgan fingerprint density at radius 2 is 1.64 bits per heavy atom. The fourth-order valence-electron chi connectivity index (χ4n) is 2.71. The summed E-state index contributed by atoms with van der Waals surface area (Å²) in [7, 11) is 0. The van der Waals surface area contributed by atoms with E-state index in [1.165, 1.54) is 38.5 Å². The van der Waals surface area contributed by atoms with Crippen LogP contribution in [0.5, 0.6) is 0 Å². The molecule has 2 rings (SSSR count). The third-order valence-corrected chi connectivity index (χ3v) is 3.95. The van der Waals surface area contributed by atoms with Gasteiger partial charge in [0.15, 0.2) is 0 Å². The SMILES string of the molecule is CC(C)(C)C1CCCC(NC2CC2)C1. The first-order chi connectivity index (χ1) is 6.55. The smallest absolute Gasteiger partial charge is 0.00724 e. The van der Waals surface area contributed by atoms with Crippen LogP contribution >= 0.6 is 0 Å². The summed E-state index contributed by atoms with van der Waals surface area (Å²) in [4.78, 5) is 0. The Labute approximate surface area is 88.7 Å². The van der Waals surface area contributed by atoms with E-state index in [4.69, 9.17) is 0 Å². The van der Waals surface area contributed by atoms with Gasteiger partial charge >= 0.3 is 0 Å². The Hall–Kier alpha value is -0.0400. The van der Waals surface area contributed by atoms with Gasteiger partial charge in [-0.25, -0.2) is 0 Å². The monoisotopic (exact) mass is 195 g/mol. The van der Waals surface area contributed by atoms with Crippen molar-refractivity contribution >= 4 is 0 Å². The van der Waals surface area contributed by atoms with Crippen LogP contribution in [0.4, 0.5) is 0 Å². The van der Waals surface area contributed by atoms with Gasteiger partial charge in [-0.05, 0) is 43.4 Å². The number of hydrogen-bond donors (Lipinski definition) is 1. The Morgan fingerprint density at radius 1 is 0.929 bits per heavy atom. The van der Waals surface area contributed by atoms with Crippen molar-refractivity contribution in [1.82, 2.24) is 5.32 Å². The fourth-order valence-corrected chi connectivity index (χ4v) is 2.71. The Kier molecular flexibility index (Phi) is 2.88. The van der Waals surface area contributed by atoms with Crippen LogP contribution < -0.4 is 5.32 Å². The van der Waals surface area contributed by atoms with E-state index in [-0.39, 0.29) is 0 Å². The molecule has 0 saturated heterocycles. The van der Waals surface area contributed by atoms with Crippen molar-refractivity contribution in [2.24, 2.45) is 11.3 Å². The lowest BCUT2D eigenvalue weighted by atomic mass is 9.71. The molecule has 0 radical (unpaired) electrons. The maximum Gasteiger partial charge on any atom is 0.00724 e. The summed E-state index contributed by atoms with van der Waals surface area (Å²) >= 11 is 0. The topological polar surface area (TPSA) is 12.0 Å². The molecule has 0 heterocycles. The molecule has 1 N–H and O–H groups in total. The van der Waals surface area contributed by atoms with E-state index >= 15 is 0 Å². The summed E-state index contributed by atoms with van der Waals surface area (Å²) in [5.41, 5.74) is 0.518. The van der Waals surface area contributed by atoms with E-state index < -0.39 is 0 Å². The second-order valence-electron chi connectivity index (χ2n) is 6.37. The van der Waals surface area contributed by atoms with E-state index in [1.807, 2.05) is 0 Å². The lowest BCUT2D eigenvalue weighted by Crippen LogP contribution is -2.38. The molecule has 0 amide bonds. The zero-order valence-electron chi connectivity index (χ0n) is 9.97. The molecule has 0 aliphatic heterocycles. The highest BCUT2D eigenvalue weighted by atomic mass is 15.0. The lowest BCUT2D eigenvalue weighted by molar-refractivity contribution is 0.153. The molecular formula is C13H25N. The van der Waals surface area contributed by atoms with Crippen molar-refractivity contribution in [2.75, 3.05) is 0 Å². The van der Waals surface area contributed by atoms with Crippen LogP contribution in [0.2, 0.25) is 0 Å². The maximum absolute atomic E-state index is 3.79. The molecule has 0 bridgehead atoms. The third-order valence-electron chi connectivity index (χ3n) is 3.95. The van der Waals surface area contributed by atoms with Gasteiger partial charge in [0.1, 0.15) is 0 Å². The van der Waals surface area contributed by atoms with Crippen molar-refractivity contribution < 1.29 is 0 Å². The Morgan fingerprint density at radius 3 is 2.21 bits per heavy atom. The van der Waals surface area contributed by atoms with Crippen LogP contribution in [0.25, 0.3) is 0 Å². The second-order valence-corrected chi connectivity index (χ2v) is 6.37. The van der Waals surface area contributed by atoms with Crippen molar-refractivity contribution in [3.63, 3.8) is 0 Å². The van der Waals surface area contributed by atoms with Gasteiger partial charge in [-0.15, -0.1) is 0 Å². The molecule has 2 fully saturated rings. The summed E-state index contributed by atoms with van der Waals surface area (Å²) in [6.07, 6.45) is 8.58. The molecular weight excluding hydrogens is 170 g/mol. The maximum atomic E-state index is 3.79. The highest BCUT2D eigenvalue weighted by molar-refractivity contribution is 4.89. The summed E-state index contributed by atoms with van der Waals surface area (Å²) < 4.78 is 0. The van der Waals surface area contributed by atoms with E-state index in [2.05, 4.69) is 26.1 Å². The lowest BCUT2D eigenvalue weighted by Gasteiger charge is -2.38. The molecule has 0 aromatic carbocycles. The van der Waals surface area contributed by atoms with Gasteiger partial charge in [-0.1, -0.05) is 27.2 Å². The highest BCUT2D eigenvalue weighted by Crippen LogP contribution is 2.38. The Balaban J connectivity index is 1.83. The van der Waals surface area contributed by atoms with Crippen molar-refractivity contribution in [2.45, 2.75) is 71.4 Å². The molecule has 2 aliphatic rings. The first kappa shape index (κ1) is 10.5. The summed E-state index contributed by atoms with van der Waals surface area (Å²) in [6, 6.07) is 1.72. The quantitative estimate of drug-likeness (QED) is 0.712. The van der Waals surface area contributed by atoms with Crippen LogP contribution in [0.1, 0.15) is 59.3 Å². The minimum absolute atomic E-state index is 0.518. The first-order valence-electron chi connectivity index (χ1n) is 6.32. The predicted molar refractivity (Wildman–Crippen MR) is 61.4 cm³/mol.